The highest BCUT2D eigenvalue weighted by atomic mass is 32.2. The normalized spacial score (nSPS) is 13.2. The minimum absolute atomic E-state index is 0.109. The highest BCUT2D eigenvalue weighted by Gasteiger charge is 2.28. The van der Waals surface area contributed by atoms with Gasteiger partial charge >= 0.3 is 5.97 Å². The molecule has 0 saturated heterocycles. The third-order valence-electron chi connectivity index (χ3n) is 3.12. The van der Waals surface area contributed by atoms with E-state index >= 15 is 0 Å². The molecule has 1 aromatic heterocycles. The number of benzene rings is 1. The van der Waals surface area contributed by atoms with Gasteiger partial charge < -0.3 is 5.11 Å². The summed E-state index contributed by atoms with van der Waals surface area (Å²) in [6, 6.07) is 11.5. The van der Waals surface area contributed by atoms with E-state index in [0.29, 0.717) is 0 Å². The molecule has 0 spiro atoms. The SMILES string of the molecule is CC(C)[C@@H](NS(=O)(=O)c1ccc(-c2ccccc2)s1)C(=O)O. The molecule has 0 aliphatic rings. The van der Waals surface area contributed by atoms with Crippen LogP contribution >= 0.6 is 11.3 Å². The predicted molar refractivity (Wildman–Crippen MR) is 86.3 cm³/mol. The van der Waals surface area contributed by atoms with Gasteiger partial charge in [0.05, 0.1) is 0 Å². The Bertz CT molecular complexity index is 751. The van der Waals surface area contributed by atoms with Gasteiger partial charge in [-0.25, -0.2) is 8.42 Å². The highest BCUT2D eigenvalue weighted by molar-refractivity contribution is 7.91. The number of carboxylic acid groups (broad SMARTS) is 1. The molecule has 22 heavy (non-hydrogen) atoms. The van der Waals surface area contributed by atoms with Crippen LogP contribution in [-0.2, 0) is 14.8 Å². The van der Waals surface area contributed by atoms with Crippen molar-refractivity contribution < 1.29 is 18.3 Å². The topological polar surface area (TPSA) is 83.5 Å². The Morgan fingerprint density at radius 2 is 1.77 bits per heavy atom. The average molecular weight is 339 g/mol. The van der Waals surface area contributed by atoms with Crippen LogP contribution in [0.5, 0.6) is 0 Å². The smallest absolute Gasteiger partial charge is 0.322 e. The zero-order valence-corrected chi connectivity index (χ0v) is 13.8. The van der Waals surface area contributed by atoms with Crippen LogP contribution in [0.4, 0.5) is 0 Å². The second kappa shape index (κ2) is 6.60. The summed E-state index contributed by atoms with van der Waals surface area (Å²) in [6.07, 6.45) is 0. The lowest BCUT2D eigenvalue weighted by atomic mass is 10.1. The van der Waals surface area contributed by atoms with Crippen molar-refractivity contribution in [3.05, 3.63) is 42.5 Å². The van der Waals surface area contributed by atoms with Gasteiger partial charge in [-0.1, -0.05) is 44.2 Å². The summed E-state index contributed by atoms with van der Waals surface area (Å²) in [7, 11) is -3.85. The Kier molecular flexibility index (Phi) is 5.00. The number of sulfonamides is 1. The van der Waals surface area contributed by atoms with Crippen LogP contribution in [0, 0.1) is 5.92 Å². The van der Waals surface area contributed by atoms with Crippen LogP contribution in [0.2, 0.25) is 0 Å². The third kappa shape index (κ3) is 3.73. The molecule has 0 fully saturated rings. The molecule has 7 heteroatoms. The van der Waals surface area contributed by atoms with Crippen molar-refractivity contribution in [2.45, 2.75) is 24.1 Å². The Morgan fingerprint density at radius 1 is 1.14 bits per heavy atom. The monoisotopic (exact) mass is 339 g/mol. The van der Waals surface area contributed by atoms with Crippen molar-refractivity contribution in [3.63, 3.8) is 0 Å². The van der Waals surface area contributed by atoms with Crippen LogP contribution in [0.25, 0.3) is 10.4 Å². The maximum Gasteiger partial charge on any atom is 0.322 e. The van der Waals surface area contributed by atoms with E-state index < -0.39 is 22.0 Å². The Hall–Kier alpha value is -1.70. The van der Waals surface area contributed by atoms with Crippen LogP contribution in [0.3, 0.4) is 0 Å². The summed E-state index contributed by atoms with van der Waals surface area (Å²) in [6.45, 7) is 3.32. The largest absolute Gasteiger partial charge is 0.480 e. The molecule has 2 N–H and O–H groups in total. The number of aliphatic carboxylic acids is 1. The number of rotatable bonds is 6. The molecule has 0 bridgehead atoms. The van der Waals surface area contributed by atoms with Crippen molar-refractivity contribution >= 4 is 27.3 Å². The van der Waals surface area contributed by atoms with Crippen LogP contribution in [0.15, 0.2) is 46.7 Å². The summed E-state index contributed by atoms with van der Waals surface area (Å²) in [4.78, 5) is 12.0. The first-order valence-corrected chi connectivity index (χ1v) is 9.01. The fourth-order valence-electron chi connectivity index (χ4n) is 1.92. The standard InChI is InChI=1S/C15H17NO4S2/c1-10(2)14(15(17)18)16-22(19,20)13-9-8-12(21-13)11-6-4-3-5-7-11/h3-10,14,16H,1-2H3,(H,17,18)/t14-/m1/s1. The molecule has 1 atom stereocenters. The summed E-state index contributed by atoms with van der Waals surface area (Å²) in [5, 5.41) is 9.11. The lowest BCUT2D eigenvalue weighted by Crippen LogP contribution is -2.43. The van der Waals surface area contributed by atoms with E-state index in [4.69, 9.17) is 5.11 Å². The maximum atomic E-state index is 12.3. The van der Waals surface area contributed by atoms with Crippen molar-refractivity contribution in [2.24, 2.45) is 5.92 Å². The molecule has 0 radical (unpaired) electrons. The molecule has 1 heterocycles. The first-order valence-electron chi connectivity index (χ1n) is 6.71. The van der Waals surface area contributed by atoms with Crippen molar-refractivity contribution in [1.29, 1.82) is 0 Å². The van der Waals surface area contributed by atoms with Crippen molar-refractivity contribution in [2.75, 3.05) is 0 Å². The molecule has 0 amide bonds. The van der Waals surface area contributed by atoms with E-state index in [-0.39, 0.29) is 10.1 Å². The summed E-state index contributed by atoms with van der Waals surface area (Å²) >= 11 is 1.11. The molecule has 0 aliphatic heterocycles. The zero-order chi connectivity index (χ0) is 16.3. The van der Waals surface area contributed by atoms with E-state index in [2.05, 4.69) is 4.72 Å². The van der Waals surface area contributed by atoms with E-state index in [9.17, 15) is 13.2 Å². The van der Waals surface area contributed by atoms with Crippen LogP contribution in [-0.4, -0.2) is 25.5 Å². The molecule has 2 aromatic rings. The lowest BCUT2D eigenvalue weighted by Gasteiger charge is -2.17. The second-order valence-corrected chi connectivity index (χ2v) is 8.19. The first kappa shape index (κ1) is 16.7. The third-order valence-corrected chi connectivity index (χ3v) is 6.19. The van der Waals surface area contributed by atoms with Gasteiger partial charge in [0.15, 0.2) is 0 Å². The first-order chi connectivity index (χ1) is 10.3. The lowest BCUT2D eigenvalue weighted by molar-refractivity contribution is -0.140. The van der Waals surface area contributed by atoms with Crippen LogP contribution in [0.1, 0.15) is 13.8 Å². The summed E-state index contributed by atoms with van der Waals surface area (Å²) in [5.74, 6) is -1.53. The summed E-state index contributed by atoms with van der Waals surface area (Å²) < 4.78 is 27.0. The molecule has 118 valence electrons. The Balaban J connectivity index is 2.28. The zero-order valence-electron chi connectivity index (χ0n) is 12.2. The molecule has 2 rings (SSSR count). The van der Waals surface area contributed by atoms with Gasteiger partial charge in [0.2, 0.25) is 0 Å². The van der Waals surface area contributed by atoms with Gasteiger partial charge in [-0.3, -0.25) is 4.79 Å². The van der Waals surface area contributed by atoms with Gasteiger partial charge in [-0.2, -0.15) is 4.72 Å². The van der Waals surface area contributed by atoms with Gasteiger partial charge in [0.25, 0.3) is 10.0 Å². The van der Waals surface area contributed by atoms with Crippen molar-refractivity contribution in [3.8, 4) is 10.4 Å². The molecule has 5 nitrogen and oxygen atoms in total. The average Bonchev–Trinajstić information content (AvgIpc) is 2.96. The number of thiophene rings is 1. The fourth-order valence-corrected chi connectivity index (χ4v) is 4.59. The highest BCUT2D eigenvalue weighted by Crippen LogP contribution is 2.30. The van der Waals surface area contributed by atoms with Crippen LogP contribution < -0.4 is 4.72 Å². The maximum absolute atomic E-state index is 12.3. The molecular formula is C15H17NO4S2. The van der Waals surface area contributed by atoms with Gasteiger partial charge in [0.1, 0.15) is 10.3 Å². The number of nitrogens with one attached hydrogen (secondary N) is 1. The van der Waals surface area contributed by atoms with Gasteiger partial charge in [-0.05, 0) is 23.6 Å². The molecule has 0 unspecified atom stereocenters. The van der Waals surface area contributed by atoms with Gasteiger partial charge in [0, 0.05) is 4.88 Å². The van der Waals surface area contributed by atoms with E-state index in [1.165, 1.54) is 6.07 Å². The number of hydrogen-bond donors (Lipinski definition) is 2. The van der Waals surface area contributed by atoms with Crippen molar-refractivity contribution in [1.82, 2.24) is 4.72 Å². The Morgan fingerprint density at radius 3 is 2.32 bits per heavy atom. The molecular weight excluding hydrogens is 322 g/mol. The van der Waals surface area contributed by atoms with E-state index in [1.54, 1.807) is 19.9 Å². The summed E-state index contributed by atoms with van der Waals surface area (Å²) in [5.41, 5.74) is 0.924. The number of hydrogen-bond acceptors (Lipinski definition) is 4. The Labute approximate surface area is 133 Å². The van der Waals surface area contributed by atoms with E-state index in [1.807, 2.05) is 30.3 Å². The van der Waals surface area contributed by atoms with Gasteiger partial charge in [-0.15, -0.1) is 11.3 Å². The minimum atomic E-state index is -3.85. The number of carbonyl (C=O) groups is 1. The molecule has 0 saturated carbocycles. The molecule has 1 aromatic carbocycles. The quantitative estimate of drug-likeness (QED) is 0.848. The minimum Gasteiger partial charge on any atom is -0.480 e. The predicted octanol–water partition coefficient (Wildman–Crippen LogP) is 2.80. The van der Waals surface area contributed by atoms with E-state index in [0.717, 1.165) is 21.8 Å². The molecule has 0 aliphatic carbocycles. The number of carboxylic acids is 1. The fraction of sp³-hybridized carbons (Fsp3) is 0.267. The second-order valence-electron chi connectivity index (χ2n) is 5.17.